The quantitative estimate of drug-likeness (QED) is 0.870. The molecule has 1 aromatic carbocycles. The molecule has 1 amide bonds. The van der Waals surface area contributed by atoms with E-state index in [4.69, 9.17) is 15.2 Å². The highest BCUT2D eigenvalue weighted by Crippen LogP contribution is 2.31. The van der Waals surface area contributed by atoms with Gasteiger partial charge in [0.05, 0.1) is 19.8 Å². The fourth-order valence-corrected chi connectivity index (χ4v) is 2.85. The summed E-state index contributed by atoms with van der Waals surface area (Å²) in [6, 6.07) is 5.61. The number of hydrogen-bond acceptors (Lipinski definition) is 4. The maximum Gasteiger partial charge on any atom is 0.240 e. The molecule has 1 fully saturated rings. The summed E-state index contributed by atoms with van der Waals surface area (Å²) in [7, 11) is 3.19. The predicted octanol–water partition coefficient (Wildman–Crippen LogP) is 2.40. The average molecular weight is 329 g/mol. The van der Waals surface area contributed by atoms with Crippen LogP contribution in [0.5, 0.6) is 11.5 Å². The van der Waals surface area contributed by atoms with Crippen LogP contribution in [-0.4, -0.2) is 25.7 Å². The van der Waals surface area contributed by atoms with Gasteiger partial charge < -0.3 is 20.5 Å². The molecule has 0 atom stereocenters. The van der Waals surface area contributed by atoms with E-state index in [-0.39, 0.29) is 18.3 Å². The Balaban J connectivity index is 0.00000242. The molecule has 0 spiro atoms. The second kappa shape index (κ2) is 8.25. The van der Waals surface area contributed by atoms with Gasteiger partial charge >= 0.3 is 0 Å². The van der Waals surface area contributed by atoms with Gasteiger partial charge in [0.1, 0.15) is 0 Å². The molecule has 0 radical (unpaired) electrons. The van der Waals surface area contributed by atoms with Gasteiger partial charge in [0.2, 0.25) is 5.91 Å². The van der Waals surface area contributed by atoms with Crippen LogP contribution in [0.1, 0.15) is 37.7 Å². The van der Waals surface area contributed by atoms with Gasteiger partial charge in [-0.2, -0.15) is 0 Å². The molecule has 0 unspecified atom stereocenters. The van der Waals surface area contributed by atoms with Crippen molar-refractivity contribution in [2.75, 3.05) is 14.2 Å². The molecule has 6 heteroatoms. The molecule has 0 aromatic heterocycles. The lowest BCUT2D eigenvalue weighted by Crippen LogP contribution is -2.54. The maximum atomic E-state index is 12.3. The van der Waals surface area contributed by atoms with Crippen LogP contribution in [0.2, 0.25) is 0 Å². The van der Waals surface area contributed by atoms with Crippen molar-refractivity contribution < 1.29 is 14.3 Å². The Labute approximate surface area is 138 Å². The number of para-hydroxylation sites is 1. The number of benzene rings is 1. The molecule has 1 aliphatic rings. The van der Waals surface area contributed by atoms with Crippen molar-refractivity contribution in [2.45, 2.75) is 44.2 Å². The fourth-order valence-electron chi connectivity index (χ4n) is 2.85. The third-order valence-corrected chi connectivity index (χ3v) is 4.12. The summed E-state index contributed by atoms with van der Waals surface area (Å²) in [6.07, 6.45) is 4.72. The minimum Gasteiger partial charge on any atom is -0.493 e. The second-order valence-electron chi connectivity index (χ2n) is 5.55. The van der Waals surface area contributed by atoms with Gasteiger partial charge in [0.15, 0.2) is 11.5 Å². The normalized spacial score (nSPS) is 16.3. The third kappa shape index (κ3) is 4.05. The molecule has 0 heterocycles. The van der Waals surface area contributed by atoms with Crippen molar-refractivity contribution >= 4 is 18.3 Å². The SMILES string of the molecule is COc1cccc(CNC(=O)C2(N)CCCCC2)c1OC.Cl. The number of carbonyl (C=O) groups is 1. The van der Waals surface area contributed by atoms with E-state index in [2.05, 4.69) is 5.32 Å². The first-order valence-corrected chi connectivity index (χ1v) is 7.38. The van der Waals surface area contributed by atoms with Gasteiger partial charge in [-0.15, -0.1) is 12.4 Å². The van der Waals surface area contributed by atoms with Gasteiger partial charge in [-0.1, -0.05) is 31.4 Å². The van der Waals surface area contributed by atoms with Crippen molar-refractivity contribution in [3.63, 3.8) is 0 Å². The molecule has 1 saturated carbocycles. The molecule has 0 bridgehead atoms. The zero-order chi connectivity index (χ0) is 15.3. The molecule has 2 rings (SSSR count). The first-order valence-electron chi connectivity index (χ1n) is 7.38. The molecule has 0 saturated heterocycles. The summed E-state index contributed by atoms with van der Waals surface area (Å²) in [5.41, 5.74) is 6.39. The van der Waals surface area contributed by atoms with E-state index in [1.165, 1.54) is 0 Å². The van der Waals surface area contributed by atoms with E-state index in [0.717, 1.165) is 37.7 Å². The maximum absolute atomic E-state index is 12.3. The van der Waals surface area contributed by atoms with Gasteiger partial charge in [0, 0.05) is 12.1 Å². The van der Waals surface area contributed by atoms with Crippen LogP contribution in [0.4, 0.5) is 0 Å². The molecular weight excluding hydrogens is 304 g/mol. The van der Waals surface area contributed by atoms with Crippen LogP contribution in [0.15, 0.2) is 18.2 Å². The first kappa shape index (κ1) is 18.6. The number of methoxy groups -OCH3 is 2. The number of amides is 1. The smallest absolute Gasteiger partial charge is 0.240 e. The second-order valence-corrected chi connectivity index (χ2v) is 5.55. The van der Waals surface area contributed by atoms with Crippen LogP contribution >= 0.6 is 12.4 Å². The highest BCUT2D eigenvalue weighted by Gasteiger charge is 2.35. The van der Waals surface area contributed by atoms with Crippen molar-refractivity contribution in [3.8, 4) is 11.5 Å². The summed E-state index contributed by atoms with van der Waals surface area (Å²) < 4.78 is 10.6. The predicted molar refractivity (Wildman–Crippen MR) is 88.6 cm³/mol. The lowest BCUT2D eigenvalue weighted by molar-refractivity contribution is -0.127. The summed E-state index contributed by atoms with van der Waals surface area (Å²) in [6.45, 7) is 0.387. The number of carbonyl (C=O) groups excluding carboxylic acids is 1. The lowest BCUT2D eigenvalue weighted by atomic mass is 9.82. The van der Waals surface area contributed by atoms with E-state index < -0.39 is 5.54 Å². The fraction of sp³-hybridized carbons (Fsp3) is 0.562. The molecule has 22 heavy (non-hydrogen) atoms. The van der Waals surface area contributed by atoms with Crippen molar-refractivity contribution in [1.29, 1.82) is 0 Å². The summed E-state index contributed by atoms with van der Waals surface area (Å²) in [5, 5.41) is 2.94. The van der Waals surface area contributed by atoms with Gasteiger partial charge in [0.25, 0.3) is 0 Å². The standard InChI is InChI=1S/C16H24N2O3.ClH/c1-20-13-8-6-7-12(14(13)21-2)11-18-15(19)16(17)9-4-3-5-10-16;/h6-8H,3-5,9-11,17H2,1-2H3,(H,18,19);1H. The molecule has 0 aliphatic heterocycles. The number of ether oxygens (including phenoxy) is 2. The third-order valence-electron chi connectivity index (χ3n) is 4.12. The number of hydrogen-bond donors (Lipinski definition) is 2. The van der Waals surface area contributed by atoms with E-state index >= 15 is 0 Å². The van der Waals surface area contributed by atoms with E-state index in [0.29, 0.717) is 18.0 Å². The van der Waals surface area contributed by atoms with Crippen LogP contribution in [0.3, 0.4) is 0 Å². The molecule has 5 nitrogen and oxygen atoms in total. The van der Waals surface area contributed by atoms with Crippen molar-refractivity contribution in [3.05, 3.63) is 23.8 Å². The summed E-state index contributed by atoms with van der Waals surface area (Å²) in [4.78, 5) is 12.3. The summed E-state index contributed by atoms with van der Waals surface area (Å²) in [5.74, 6) is 1.23. The van der Waals surface area contributed by atoms with Crippen LogP contribution in [0, 0.1) is 0 Å². The molecule has 3 N–H and O–H groups in total. The largest absolute Gasteiger partial charge is 0.493 e. The minimum atomic E-state index is -0.718. The van der Waals surface area contributed by atoms with Crippen LogP contribution in [0.25, 0.3) is 0 Å². The Kier molecular flexibility index (Phi) is 6.97. The Hall–Kier alpha value is -1.46. The molecule has 1 aromatic rings. The van der Waals surface area contributed by atoms with E-state index in [1.807, 2.05) is 18.2 Å². The number of rotatable bonds is 5. The Bertz CT molecular complexity index is 502. The molecule has 1 aliphatic carbocycles. The van der Waals surface area contributed by atoms with Crippen molar-refractivity contribution in [1.82, 2.24) is 5.32 Å². The number of nitrogens with two attached hydrogens (primary N) is 1. The Morgan fingerprint density at radius 2 is 1.91 bits per heavy atom. The molecule has 124 valence electrons. The number of halogens is 1. The summed E-state index contributed by atoms with van der Waals surface area (Å²) >= 11 is 0. The Morgan fingerprint density at radius 3 is 2.50 bits per heavy atom. The topological polar surface area (TPSA) is 73.6 Å². The first-order chi connectivity index (χ1) is 10.1. The minimum absolute atomic E-state index is 0. The zero-order valence-electron chi connectivity index (χ0n) is 13.2. The van der Waals surface area contributed by atoms with Gasteiger partial charge in [-0.25, -0.2) is 0 Å². The van der Waals surface area contributed by atoms with Crippen molar-refractivity contribution in [2.24, 2.45) is 5.73 Å². The monoisotopic (exact) mass is 328 g/mol. The molecular formula is C16H25ClN2O3. The number of nitrogens with one attached hydrogen (secondary N) is 1. The highest BCUT2D eigenvalue weighted by molar-refractivity contribution is 5.86. The zero-order valence-corrected chi connectivity index (χ0v) is 14.0. The van der Waals surface area contributed by atoms with Crippen LogP contribution in [-0.2, 0) is 11.3 Å². The average Bonchev–Trinajstić information content (AvgIpc) is 2.52. The van der Waals surface area contributed by atoms with E-state index in [1.54, 1.807) is 14.2 Å². The highest BCUT2D eigenvalue weighted by atomic mass is 35.5. The van der Waals surface area contributed by atoms with Crippen LogP contribution < -0.4 is 20.5 Å². The van der Waals surface area contributed by atoms with E-state index in [9.17, 15) is 4.79 Å². The van der Waals surface area contributed by atoms with Gasteiger partial charge in [-0.05, 0) is 18.9 Å². The lowest BCUT2D eigenvalue weighted by Gasteiger charge is -2.31. The van der Waals surface area contributed by atoms with Gasteiger partial charge in [-0.3, -0.25) is 4.79 Å². The Morgan fingerprint density at radius 1 is 1.23 bits per heavy atom.